The van der Waals surface area contributed by atoms with E-state index in [1.165, 1.54) is 6.07 Å². The second kappa shape index (κ2) is 5.61. The molecule has 0 saturated heterocycles. The molecule has 4 nitrogen and oxygen atoms in total. The molecular formula is C15H19FN2O2. The lowest BCUT2D eigenvalue weighted by Gasteiger charge is -2.17. The molecule has 20 heavy (non-hydrogen) atoms. The van der Waals surface area contributed by atoms with Gasteiger partial charge in [-0.25, -0.2) is 4.39 Å². The summed E-state index contributed by atoms with van der Waals surface area (Å²) in [7, 11) is 0. The van der Waals surface area contributed by atoms with Crippen molar-refractivity contribution in [2.24, 2.45) is 5.41 Å². The van der Waals surface area contributed by atoms with Crippen LogP contribution < -0.4 is 10.6 Å². The summed E-state index contributed by atoms with van der Waals surface area (Å²) < 4.78 is 13.5. The maximum absolute atomic E-state index is 13.5. The Morgan fingerprint density at radius 3 is 2.45 bits per heavy atom. The number of hydrogen-bond acceptors (Lipinski definition) is 2. The summed E-state index contributed by atoms with van der Waals surface area (Å²) in [5, 5.41) is 5.42. The van der Waals surface area contributed by atoms with Gasteiger partial charge in [-0.15, -0.1) is 0 Å². The molecule has 2 amide bonds. The topological polar surface area (TPSA) is 58.2 Å². The van der Waals surface area contributed by atoms with Gasteiger partial charge in [-0.2, -0.15) is 0 Å². The molecule has 1 aromatic rings. The lowest BCUT2D eigenvalue weighted by atomic mass is 10.0. The van der Waals surface area contributed by atoms with Gasteiger partial charge in [-0.1, -0.05) is 18.2 Å². The molecule has 108 valence electrons. The van der Waals surface area contributed by atoms with Gasteiger partial charge in [-0.05, 0) is 32.8 Å². The predicted octanol–water partition coefficient (Wildman–Crippen LogP) is 1.75. The summed E-state index contributed by atoms with van der Waals surface area (Å²) in [6.45, 7) is 3.80. The maximum Gasteiger partial charge on any atom is 0.235 e. The van der Waals surface area contributed by atoms with Crippen LogP contribution in [0.15, 0.2) is 24.3 Å². The van der Waals surface area contributed by atoms with Crippen molar-refractivity contribution in [1.82, 2.24) is 10.6 Å². The molecule has 2 N–H and O–H groups in total. The van der Waals surface area contributed by atoms with Gasteiger partial charge in [0.05, 0.1) is 0 Å². The molecule has 0 aliphatic heterocycles. The summed E-state index contributed by atoms with van der Waals surface area (Å²) in [4.78, 5) is 24.2. The first-order valence-electron chi connectivity index (χ1n) is 6.78. The largest absolute Gasteiger partial charge is 0.353 e. The van der Waals surface area contributed by atoms with E-state index in [1.807, 2.05) is 13.8 Å². The number of rotatable bonds is 5. The summed E-state index contributed by atoms with van der Waals surface area (Å²) in [6, 6.07) is 6.27. The second-order valence-electron chi connectivity index (χ2n) is 5.48. The first-order chi connectivity index (χ1) is 9.45. The average molecular weight is 278 g/mol. The second-order valence-corrected chi connectivity index (χ2v) is 5.48. The highest BCUT2D eigenvalue weighted by Crippen LogP contribution is 2.46. The molecule has 1 aliphatic rings. The van der Waals surface area contributed by atoms with E-state index in [-0.39, 0.29) is 30.2 Å². The minimum Gasteiger partial charge on any atom is -0.353 e. The fourth-order valence-electron chi connectivity index (χ4n) is 2.07. The number of hydrogen-bond donors (Lipinski definition) is 2. The standard InChI is InChI=1S/C15H19FN2O2/c1-10(2)18-14(20)15(7-8-15)13(19)17-9-11-5-3-4-6-12(11)16/h3-6,10H,7-9H2,1-2H3,(H,17,19)(H,18,20). The summed E-state index contributed by atoms with van der Waals surface area (Å²) in [5.74, 6) is -0.915. The molecule has 1 aromatic carbocycles. The van der Waals surface area contributed by atoms with Crippen molar-refractivity contribution in [2.75, 3.05) is 0 Å². The van der Waals surface area contributed by atoms with Crippen LogP contribution in [0.3, 0.4) is 0 Å². The fourth-order valence-corrected chi connectivity index (χ4v) is 2.07. The molecule has 1 saturated carbocycles. The van der Waals surface area contributed by atoms with E-state index in [9.17, 15) is 14.0 Å². The third kappa shape index (κ3) is 2.98. The molecule has 2 rings (SSSR count). The van der Waals surface area contributed by atoms with Gasteiger partial charge < -0.3 is 10.6 Å². The Morgan fingerprint density at radius 1 is 1.25 bits per heavy atom. The Balaban J connectivity index is 1.95. The van der Waals surface area contributed by atoms with Gasteiger partial charge in [-0.3, -0.25) is 9.59 Å². The van der Waals surface area contributed by atoms with Crippen molar-refractivity contribution >= 4 is 11.8 Å². The quantitative estimate of drug-likeness (QED) is 0.806. The van der Waals surface area contributed by atoms with Crippen molar-refractivity contribution in [1.29, 1.82) is 0 Å². The number of carbonyl (C=O) groups excluding carboxylic acids is 2. The SMILES string of the molecule is CC(C)NC(=O)C1(C(=O)NCc2ccccc2F)CC1. The minimum absolute atomic E-state index is 0.000609. The maximum atomic E-state index is 13.5. The summed E-state index contributed by atoms with van der Waals surface area (Å²) in [6.07, 6.45) is 1.10. The molecule has 0 radical (unpaired) electrons. The van der Waals surface area contributed by atoms with Crippen molar-refractivity contribution in [3.63, 3.8) is 0 Å². The molecule has 5 heteroatoms. The zero-order chi connectivity index (χ0) is 14.8. The first-order valence-corrected chi connectivity index (χ1v) is 6.78. The highest BCUT2D eigenvalue weighted by atomic mass is 19.1. The van der Waals surface area contributed by atoms with Gasteiger partial charge in [0.1, 0.15) is 11.2 Å². The summed E-state index contributed by atoms with van der Waals surface area (Å²) >= 11 is 0. The van der Waals surface area contributed by atoms with E-state index in [2.05, 4.69) is 10.6 Å². The molecule has 0 unspecified atom stereocenters. The van der Waals surface area contributed by atoms with Crippen LogP contribution in [0, 0.1) is 11.2 Å². The lowest BCUT2D eigenvalue weighted by Crippen LogP contribution is -2.45. The normalized spacial score (nSPS) is 15.8. The van der Waals surface area contributed by atoms with Gasteiger partial charge in [0.2, 0.25) is 11.8 Å². The molecule has 0 bridgehead atoms. The van der Waals surface area contributed by atoms with Gasteiger partial charge in [0.15, 0.2) is 0 Å². The monoisotopic (exact) mass is 278 g/mol. The fraction of sp³-hybridized carbons (Fsp3) is 0.467. The van der Waals surface area contributed by atoms with Crippen LogP contribution in [0.1, 0.15) is 32.3 Å². The predicted molar refractivity (Wildman–Crippen MR) is 73.2 cm³/mol. The highest BCUT2D eigenvalue weighted by Gasteiger charge is 2.56. The average Bonchev–Trinajstić information content (AvgIpc) is 3.18. The van der Waals surface area contributed by atoms with Crippen LogP contribution >= 0.6 is 0 Å². The number of carbonyl (C=O) groups is 2. The van der Waals surface area contributed by atoms with Gasteiger partial charge in [0.25, 0.3) is 0 Å². The number of amides is 2. The number of nitrogens with one attached hydrogen (secondary N) is 2. The number of halogens is 1. The molecular weight excluding hydrogens is 259 g/mol. The molecule has 1 fully saturated rings. The van der Waals surface area contributed by atoms with E-state index >= 15 is 0 Å². The highest BCUT2D eigenvalue weighted by molar-refractivity contribution is 6.07. The third-order valence-corrected chi connectivity index (χ3v) is 3.44. The minimum atomic E-state index is -0.949. The molecule has 1 aliphatic carbocycles. The Hall–Kier alpha value is -1.91. The Labute approximate surface area is 117 Å². The van der Waals surface area contributed by atoms with Gasteiger partial charge in [0, 0.05) is 18.2 Å². The van der Waals surface area contributed by atoms with Crippen molar-refractivity contribution in [3.05, 3.63) is 35.6 Å². The van der Waals surface area contributed by atoms with Crippen molar-refractivity contribution in [3.8, 4) is 0 Å². The summed E-state index contributed by atoms with van der Waals surface area (Å²) in [5.41, 5.74) is -0.531. The zero-order valence-electron chi connectivity index (χ0n) is 11.7. The third-order valence-electron chi connectivity index (χ3n) is 3.44. The molecule has 0 aromatic heterocycles. The molecule has 0 heterocycles. The smallest absolute Gasteiger partial charge is 0.235 e. The van der Waals surface area contributed by atoms with Crippen molar-refractivity contribution < 1.29 is 14.0 Å². The van der Waals surface area contributed by atoms with E-state index < -0.39 is 5.41 Å². The Kier molecular flexibility index (Phi) is 4.06. The Bertz CT molecular complexity index is 524. The Morgan fingerprint density at radius 2 is 1.90 bits per heavy atom. The van der Waals surface area contributed by atoms with Crippen LogP contribution in [0.4, 0.5) is 4.39 Å². The van der Waals surface area contributed by atoms with Crippen LogP contribution in [-0.2, 0) is 16.1 Å². The van der Waals surface area contributed by atoms with Crippen molar-refractivity contribution in [2.45, 2.75) is 39.3 Å². The number of benzene rings is 1. The van der Waals surface area contributed by atoms with E-state index in [0.29, 0.717) is 18.4 Å². The zero-order valence-corrected chi connectivity index (χ0v) is 11.7. The van der Waals surface area contributed by atoms with E-state index in [0.717, 1.165) is 0 Å². The lowest BCUT2D eigenvalue weighted by molar-refractivity contribution is -0.137. The molecule has 0 spiro atoms. The van der Waals surface area contributed by atoms with Gasteiger partial charge >= 0.3 is 0 Å². The van der Waals surface area contributed by atoms with Crippen LogP contribution in [0.25, 0.3) is 0 Å². The van der Waals surface area contributed by atoms with Crippen LogP contribution in [0.2, 0.25) is 0 Å². The first kappa shape index (κ1) is 14.5. The van der Waals surface area contributed by atoms with E-state index in [4.69, 9.17) is 0 Å². The van der Waals surface area contributed by atoms with Crippen LogP contribution in [-0.4, -0.2) is 17.9 Å². The molecule has 0 atom stereocenters. The van der Waals surface area contributed by atoms with E-state index in [1.54, 1.807) is 18.2 Å². The van der Waals surface area contributed by atoms with Crippen LogP contribution in [0.5, 0.6) is 0 Å².